The molecule has 0 aliphatic carbocycles. The van der Waals surface area contributed by atoms with Gasteiger partial charge in [0, 0.05) is 6.08 Å². The summed E-state index contributed by atoms with van der Waals surface area (Å²) in [5, 5.41) is 8.29. The summed E-state index contributed by atoms with van der Waals surface area (Å²) in [6.45, 7) is 5.16. The molecule has 112 valence electrons. The summed E-state index contributed by atoms with van der Waals surface area (Å²) in [7, 11) is 0. The Bertz CT molecular complexity index is 661. The SMILES string of the molecule is C=CC(=O)OCOc1ccc(N=Nc2ccc(C)cc2)cc1. The van der Waals surface area contributed by atoms with Crippen molar-refractivity contribution < 1.29 is 14.3 Å². The Morgan fingerprint density at radius 3 is 2.14 bits per heavy atom. The van der Waals surface area contributed by atoms with Crippen LogP contribution in [0.4, 0.5) is 11.4 Å². The lowest BCUT2D eigenvalue weighted by Crippen LogP contribution is -2.07. The Kier molecular flexibility index (Phi) is 5.43. The van der Waals surface area contributed by atoms with Crippen molar-refractivity contribution in [3.8, 4) is 5.75 Å². The molecule has 2 aromatic rings. The number of nitrogens with zero attached hydrogens (tertiary/aromatic N) is 2. The minimum absolute atomic E-state index is 0.158. The highest BCUT2D eigenvalue weighted by Crippen LogP contribution is 2.21. The van der Waals surface area contributed by atoms with E-state index in [1.54, 1.807) is 24.3 Å². The molecule has 0 radical (unpaired) electrons. The number of hydrogen-bond donors (Lipinski definition) is 0. The van der Waals surface area contributed by atoms with E-state index in [1.165, 1.54) is 5.56 Å². The van der Waals surface area contributed by atoms with E-state index in [2.05, 4.69) is 16.8 Å². The molecule has 0 aromatic heterocycles. The van der Waals surface area contributed by atoms with Gasteiger partial charge in [0.15, 0.2) is 0 Å². The van der Waals surface area contributed by atoms with Gasteiger partial charge in [0.25, 0.3) is 0 Å². The van der Waals surface area contributed by atoms with Crippen molar-refractivity contribution in [2.24, 2.45) is 10.2 Å². The molecule has 0 saturated carbocycles. The first-order valence-corrected chi connectivity index (χ1v) is 6.68. The molecule has 0 N–H and O–H groups in total. The number of ether oxygens (including phenoxy) is 2. The average Bonchev–Trinajstić information content (AvgIpc) is 2.55. The molecule has 5 nitrogen and oxygen atoms in total. The monoisotopic (exact) mass is 296 g/mol. The predicted molar refractivity (Wildman–Crippen MR) is 83.6 cm³/mol. The first kappa shape index (κ1) is 15.4. The van der Waals surface area contributed by atoms with Gasteiger partial charge in [0.05, 0.1) is 11.4 Å². The number of rotatable bonds is 6. The van der Waals surface area contributed by atoms with E-state index < -0.39 is 5.97 Å². The van der Waals surface area contributed by atoms with Crippen LogP contribution in [-0.2, 0) is 9.53 Å². The van der Waals surface area contributed by atoms with Crippen LogP contribution in [0.15, 0.2) is 71.4 Å². The highest BCUT2D eigenvalue weighted by molar-refractivity contribution is 5.81. The molecule has 0 aliphatic heterocycles. The van der Waals surface area contributed by atoms with E-state index in [4.69, 9.17) is 9.47 Å². The average molecular weight is 296 g/mol. The Hall–Kier alpha value is -2.95. The Balaban J connectivity index is 1.90. The number of carbonyl (C=O) groups excluding carboxylic acids is 1. The van der Waals surface area contributed by atoms with Gasteiger partial charge < -0.3 is 9.47 Å². The summed E-state index contributed by atoms with van der Waals surface area (Å²) in [5.41, 5.74) is 2.68. The summed E-state index contributed by atoms with van der Waals surface area (Å²) < 4.78 is 9.97. The van der Waals surface area contributed by atoms with Gasteiger partial charge in [0.2, 0.25) is 6.79 Å². The molecule has 0 aliphatic rings. The number of esters is 1. The van der Waals surface area contributed by atoms with Crippen LogP contribution in [-0.4, -0.2) is 12.8 Å². The lowest BCUT2D eigenvalue weighted by atomic mass is 10.2. The first-order chi connectivity index (χ1) is 10.7. The van der Waals surface area contributed by atoms with E-state index in [1.807, 2.05) is 31.2 Å². The first-order valence-electron chi connectivity index (χ1n) is 6.68. The molecule has 0 bridgehead atoms. The van der Waals surface area contributed by atoms with Crippen LogP contribution >= 0.6 is 0 Å². The Labute approximate surface area is 128 Å². The second-order valence-corrected chi connectivity index (χ2v) is 4.46. The number of azo groups is 1. The molecule has 2 rings (SSSR count). The van der Waals surface area contributed by atoms with Gasteiger partial charge in [-0.1, -0.05) is 24.3 Å². The fraction of sp³-hybridized carbons (Fsp3) is 0.118. The molecule has 2 aromatic carbocycles. The Morgan fingerprint density at radius 1 is 1.05 bits per heavy atom. The maximum Gasteiger partial charge on any atom is 0.333 e. The minimum Gasteiger partial charge on any atom is -0.457 e. The van der Waals surface area contributed by atoms with E-state index >= 15 is 0 Å². The fourth-order valence-electron chi connectivity index (χ4n) is 1.55. The minimum atomic E-state index is -0.525. The highest BCUT2D eigenvalue weighted by Gasteiger charge is 1.98. The summed E-state index contributed by atoms with van der Waals surface area (Å²) in [6, 6.07) is 14.8. The van der Waals surface area contributed by atoms with Crippen LogP contribution in [0, 0.1) is 6.92 Å². The highest BCUT2D eigenvalue weighted by atomic mass is 16.7. The van der Waals surface area contributed by atoms with E-state index in [0.29, 0.717) is 11.4 Å². The molecule has 5 heteroatoms. The van der Waals surface area contributed by atoms with Crippen LogP contribution < -0.4 is 4.74 Å². The van der Waals surface area contributed by atoms with Crippen molar-refractivity contribution in [1.29, 1.82) is 0 Å². The van der Waals surface area contributed by atoms with Crippen LogP contribution in [0.2, 0.25) is 0 Å². The Morgan fingerprint density at radius 2 is 1.59 bits per heavy atom. The lowest BCUT2D eigenvalue weighted by molar-refractivity contribution is -0.144. The van der Waals surface area contributed by atoms with Gasteiger partial charge in [-0.2, -0.15) is 10.2 Å². The van der Waals surface area contributed by atoms with Gasteiger partial charge in [-0.25, -0.2) is 4.79 Å². The summed E-state index contributed by atoms with van der Waals surface area (Å²) in [6.07, 6.45) is 1.08. The van der Waals surface area contributed by atoms with Gasteiger partial charge in [-0.05, 0) is 43.3 Å². The number of hydrogen-bond acceptors (Lipinski definition) is 5. The van der Waals surface area contributed by atoms with Crippen LogP contribution in [0.1, 0.15) is 5.56 Å². The normalized spacial score (nSPS) is 10.4. The molecule has 0 spiro atoms. The molecule has 0 heterocycles. The second-order valence-electron chi connectivity index (χ2n) is 4.46. The molecule has 0 saturated heterocycles. The molecule has 0 amide bonds. The zero-order valence-corrected chi connectivity index (χ0v) is 12.2. The standard InChI is InChI=1S/C17H16N2O3/c1-3-17(20)22-12-21-16-10-8-15(9-11-16)19-18-14-6-4-13(2)5-7-14/h3-11H,1,12H2,2H3. The maximum atomic E-state index is 10.8. The van der Waals surface area contributed by atoms with Crippen molar-refractivity contribution in [1.82, 2.24) is 0 Å². The molecular formula is C17H16N2O3. The third kappa shape index (κ3) is 4.86. The third-order valence-corrected chi connectivity index (χ3v) is 2.75. The van der Waals surface area contributed by atoms with Crippen LogP contribution in [0.3, 0.4) is 0 Å². The number of benzene rings is 2. The maximum absolute atomic E-state index is 10.8. The van der Waals surface area contributed by atoms with Gasteiger partial charge in [-0.3, -0.25) is 0 Å². The molecule has 0 unspecified atom stereocenters. The summed E-state index contributed by atoms with van der Waals surface area (Å²) in [4.78, 5) is 10.8. The summed E-state index contributed by atoms with van der Waals surface area (Å²) >= 11 is 0. The van der Waals surface area contributed by atoms with Crippen LogP contribution in [0.5, 0.6) is 5.75 Å². The van der Waals surface area contributed by atoms with Crippen molar-refractivity contribution in [2.75, 3.05) is 6.79 Å². The number of carbonyl (C=O) groups is 1. The van der Waals surface area contributed by atoms with Crippen molar-refractivity contribution in [3.63, 3.8) is 0 Å². The quantitative estimate of drug-likeness (QED) is 0.342. The largest absolute Gasteiger partial charge is 0.457 e. The second kappa shape index (κ2) is 7.73. The summed E-state index contributed by atoms with van der Waals surface area (Å²) in [5.74, 6) is 0.0506. The molecule has 0 atom stereocenters. The topological polar surface area (TPSA) is 60.2 Å². The number of aryl methyl sites for hydroxylation is 1. The van der Waals surface area contributed by atoms with Crippen molar-refractivity contribution in [3.05, 3.63) is 66.7 Å². The smallest absolute Gasteiger partial charge is 0.333 e. The lowest BCUT2D eigenvalue weighted by Gasteiger charge is -2.05. The van der Waals surface area contributed by atoms with E-state index in [-0.39, 0.29) is 6.79 Å². The van der Waals surface area contributed by atoms with E-state index in [0.717, 1.165) is 11.8 Å². The fourth-order valence-corrected chi connectivity index (χ4v) is 1.55. The van der Waals surface area contributed by atoms with Crippen LogP contribution in [0.25, 0.3) is 0 Å². The molecule has 22 heavy (non-hydrogen) atoms. The van der Waals surface area contributed by atoms with Gasteiger partial charge in [0.1, 0.15) is 5.75 Å². The zero-order valence-electron chi connectivity index (χ0n) is 12.2. The van der Waals surface area contributed by atoms with E-state index in [9.17, 15) is 4.79 Å². The van der Waals surface area contributed by atoms with Crippen molar-refractivity contribution >= 4 is 17.3 Å². The zero-order chi connectivity index (χ0) is 15.8. The molecular weight excluding hydrogens is 280 g/mol. The van der Waals surface area contributed by atoms with Gasteiger partial charge in [-0.15, -0.1) is 0 Å². The third-order valence-electron chi connectivity index (χ3n) is 2.75. The molecule has 0 fully saturated rings. The predicted octanol–water partition coefficient (Wildman–Crippen LogP) is 4.48. The van der Waals surface area contributed by atoms with Gasteiger partial charge >= 0.3 is 5.97 Å². The van der Waals surface area contributed by atoms with Crippen molar-refractivity contribution in [2.45, 2.75) is 6.92 Å².